The van der Waals surface area contributed by atoms with Crippen molar-refractivity contribution in [3.05, 3.63) is 102 Å². The van der Waals surface area contributed by atoms with Gasteiger partial charge in [-0.2, -0.15) is 0 Å². The van der Waals surface area contributed by atoms with E-state index in [0.29, 0.717) is 25.9 Å². The topological polar surface area (TPSA) is 104 Å². The van der Waals surface area contributed by atoms with E-state index < -0.39 is 0 Å². The molecule has 6 nitrogen and oxygen atoms in total. The molecule has 5 N–H and O–H groups in total. The van der Waals surface area contributed by atoms with Crippen LogP contribution >= 0.6 is 0 Å². The van der Waals surface area contributed by atoms with Crippen LogP contribution in [0.3, 0.4) is 0 Å². The second-order valence-corrected chi connectivity index (χ2v) is 7.97. The van der Waals surface area contributed by atoms with E-state index >= 15 is 0 Å². The minimum Gasteiger partial charge on any atom is -0.508 e. The summed E-state index contributed by atoms with van der Waals surface area (Å²) in [6, 6.07) is 26.7. The van der Waals surface area contributed by atoms with Crippen LogP contribution in [0.1, 0.15) is 36.5 Å². The number of hydrogen-bond acceptors (Lipinski definition) is 4. The van der Waals surface area contributed by atoms with E-state index in [9.17, 15) is 14.7 Å². The molecular formula is C28H35N3O3. The molecule has 0 fully saturated rings. The molecule has 3 aromatic rings. The predicted molar refractivity (Wildman–Crippen MR) is 136 cm³/mol. The van der Waals surface area contributed by atoms with Crippen molar-refractivity contribution in [1.82, 2.24) is 10.6 Å². The Bertz CT molecular complexity index is 994. The molecule has 0 unspecified atom stereocenters. The molecule has 0 heterocycles. The van der Waals surface area contributed by atoms with Crippen molar-refractivity contribution in [2.75, 3.05) is 6.54 Å². The Morgan fingerprint density at radius 1 is 0.853 bits per heavy atom. The fraction of sp³-hybridized carbons (Fsp3) is 0.286. The smallest absolute Gasteiger partial charge is 0.234 e. The first-order chi connectivity index (χ1) is 16.5. The van der Waals surface area contributed by atoms with E-state index in [1.54, 1.807) is 12.1 Å². The van der Waals surface area contributed by atoms with Gasteiger partial charge >= 0.3 is 0 Å². The van der Waals surface area contributed by atoms with Crippen molar-refractivity contribution in [2.24, 2.45) is 5.73 Å². The maximum atomic E-state index is 11.5. The highest BCUT2D eigenvalue weighted by molar-refractivity contribution is 5.79. The van der Waals surface area contributed by atoms with Gasteiger partial charge in [-0.25, -0.2) is 0 Å². The van der Waals surface area contributed by atoms with Crippen molar-refractivity contribution >= 4 is 11.8 Å². The summed E-state index contributed by atoms with van der Waals surface area (Å²) < 4.78 is 0. The molecule has 3 rings (SSSR count). The van der Waals surface area contributed by atoms with Crippen LogP contribution in [0.25, 0.3) is 0 Å². The molecule has 0 aliphatic rings. The van der Waals surface area contributed by atoms with E-state index in [0.717, 1.165) is 24.0 Å². The molecule has 0 aliphatic carbocycles. The fourth-order valence-corrected chi connectivity index (χ4v) is 3.32. The number of phenols is 1. The third-order valence-electron chi connectivity index (χ3n) is 5.28. The summed E-state index contributed by atoms with van der Waals surface area (Å²) in [5, 5.41) is 15.4. The van der Waals surface area contributed by atoms with E-state index in [-0.39, 0.29) is 23.6 Å². The summed E-state index contributed by atoms with van der Waals surface area (Å²) in [6.07, 6.45) is 2.78. The summed E-state index contributed by atoms with van der Waals surface area (Å²) in [7, 11) is 0. The predicted octanol–water partition coefficient (Wildman–Crippen LogP) is 3.72. The number of rotatable bonds is 11. The lowest BCUT2D eigenvalue weighted by molar-refractivity contribution is -0.121. The molecule has 1 atom stereocenters. The third kappa shape index (κ3) is 10.8. The van der Waals surface area contributed by atoms with Gasteiger partial charge < -0.3 is 21.5 Å². The molecule has 0 saturated heterocycles. The molecule has 0 spiro atoms. The van der Waals surface area contributed by atoms with Gasteiger partial charge in [0.05, 0.1) is 6.04 Å². The van der Waals surface area contributed by atoms with Gasteiger partial charge in [0.2, 0.25) is 11.8 Å². The summed E-state index contributed by atoms with van der Waals surface area (Å²) in [5.41, 5.74) is 8.83. The summed E-state index contributed by atoms with van der Waals surface area (Å²) in [4.78, 5) is 22.4. The van der Waals surface area contributed by atoms with Gasteiger partial charge in [-0.3, -0.25) is 9.59 Å². The maximum absolute atomic E-state index is 11.5. The minimum atomic E-state index is -0.336. The van der Waals surface area contributed by atoms with Crippen LogP contribution in [0.4, 0.5) is 0 Å². The molecule has 0 bridgehead atoms. The first-order valence-electron chi connectivity index (χ1n) is 11.6. The van der Waals surface area contributed by atoms with Crippen LogP contribution in [0.5, 0.6) is 5.75 Å². The molecule has 6 heteroatoms. The van der Waals surface area contributed by atoms with Gasteiger partial charge in [-0.05, 0) is 54.6 Å². The molecular weight excluding hydrogens is 426 g/mol. The number of aromatic hydroxyl groups is 1. The monoisotopic (exact) mass is 461 g/mol. The number of hydrogen-bond donors (Lipinski definition) is 4. The Hall–Kier alpha value is -3.64. The number of carbonyl (C=O) groups is 2. The average Bonchev–Trinajstić information content (AvgIpc) is 2.86. The molecule has 3 aromatic carbocycles. The number of nitrogens with one attached hydrogen (secondary N) is 2. The van der Waals surface area contributed by atoms with Gasteiger partial charge in [0, 0.05) is 13.0 Å². The first-order valence-corrected chi connectivity index (χ1v) is 11.6. The van der Waals surface area contributed by atoms with Gasteiger partial charge in [-0.15, -0.1) is 0 Å². The summed E-state index contributed by atoms with van der Waals surface area (Å²) in [5.74, 6) is 0.0266. The molecule has 0 saturated carbocycles. The average molecular weight is 462 g/mol. The van der Waals surface area contributed by atoms with Crippen LogP contribution in [0.15, 0.2) is 84.9 Å². The van der Waals surface area contributed by atoms with Crippen molar-refractivity contribution in [1.29, 1.82) is 0 Å². The number of carbonyl (C=O) groups excluding carboxylic acids is 2. The van der Waals surface area contributed by atoms with Crippen LogP contribution in [0, 0.1) is 0 Å². The highest BCUT2D eigenvalue weighted by Crippen LogP contribution is 2.11. The minimum absolute atomic E-state index is 0.0962. The van der Waals surface area contributed by atoms with Crippen molar-refractivity contribution in [2.45, 2.75) is 45.2 Å². The molecule has 0 aliphatic heterocycles. The second-order valence-electron chi connectivity index (χ2n) is 7.97. The number of nitrogens with two attached hydrogens (primary N) is 1. The number of phenolic OH excluding ortho intramolecular Hbond substituents is 1. The Labute approximate surface area is 202 Å². The lowest BCUT2D eigenvalue weighted by Crippen LogP contribution is -2.42. The van der Waals surface area contributed by atoms with Crippen molar-refractivity contribution < 1.29 is 14.7 Å². The molecule has 0 radical (unpaired) electrons. The van der Waals surface area contributed by atoms with Crippen molar-refractivity contribution in [3.63, 3.8) is 0 Å². The van der Waals surface area contributed by atoms with Gasteiger partial charge in [0.1, 0.15) is 5.75 Å². The van der Waals surface area contributed by atoms with Crippen LogP contribution in [-0.4, -0.2) is 29.5 Å². The second kappa shape index (κ2) is 15.2. The highest BCUT2D eigenvalue weighted by atomic mass is 16.3. The third-order valence-corrected chi connectivity index (χ3v) is 5.28. The van der Waals surface area contributed by atoms with E-state index in [4.69, 9.17) is 5.73 Å². The molecule has 180 valence electrons. The normalized spacial score (nSPS) is 11.1. The molecule has 2 amide bonds. The summed E-state index contributed by atoms with van der Waals surface area (Å²) >= 11 is 0. The standard InChI is InChI=1S/C18H22N2O2.C10H13NO/c19-18(22)17(10-9-14-5-2-1-3-6-14)20-12-11-15-7-4-8-16(21)13-15;1-2-10(12)11-8-9-6-4-3-5-7-9/h1-8,13,17,20-21H,9-12H2,(H2,19,22);3-7H,2,8H2,1H3,(H,11,12)/t17-;/m1./s1. The molecule has 34 heavy (non-hydrogen) atoms. The first kappa shape index (κ1) is 26.6. The van der Waals surface area contributed by atoms with Crippen LogP contribution < -0.4 is 16.4 Å². The number of benzene rings is 3. The fourth-order valence-electron chi connectivity index (χ4n) is 3.32. The Morgan fingerprint density at radius 2 is 1.47 bits per heavy atom. The highest BCUT2D eigenvalue weighted by Gasteiger charge is 2.14. The maximum Gasteiger partial charge on any atom is 0.234 e. The van der Waals surface area contributed by atoms with E-state index in [1.807, 2.05) is 79.7 Å². The Balaban J connectivity index is 0.000000287. The number of amides is 2. The summed E-state index contributed by atoms with van der Waals surface area (Å²) in [6.45, 7) is 3.12. The lowest BCUT2D eigenvalue weighted by Gasteiger charge is -2.15. The van der Waals surface area contributed by atoms with Crippen LogP contribution in [-0.2, 0) is 29.0 Å². The SMILES string of the molecule is CCC(=O)NCc1ccccc1.NC(=O)[C@@H](CCc1ccccc1)NCCc1cccc(O)c1. The van der Waals surface area contributed by atoms with E-state index in [1.165, 1.54) is 5.56 Å². The Morgan fingerprint density at radius 3 is 2.06 bits per heavy atom. The Kier molecular flexibility index (Phi) is 11.9. The number of aryl methyl sites for hydroxylation is 1. The zero-order chi connectivity index (χ0) is 24.6. The van der Waals surface area contributed by atoms with Gasteiger partial charge in [-0.1, -0.05) is 79.7 Å². The van der Waals surface area contributed by atoms with Gasteiger partial charge in [0.25, 0.3) is 0 Å². The van der Waals surface area contributed by atoms with Crippen molar-refractivity contribution in [3.8, 4) is 5.75 Å². The zero-order valence-electron chi connectivity index (χ0n) is 19.7. The molecule has 0 aromatic heterocycles. The largest absolute Gasteiger partial charge is 0.508 e. The van der Waals surface area contributed by atoms with Gasteiger partial charge in [0.15, 0.2) is 0 Å². The lowest BCUT2D eigenvalue weighted by atomic mass is 10.0. The quantitative estimate of drug-likeness (QED) is 0.349. The zero-order valence-corrected chi connectivity index (χ0v) is 19.7. The number of primary amides is 1. The van der Waals surface area contributed by atoms with Crippen LogP contribution in [0.2, 0.25) is 0 Å². The van der Waals surface area contributed by atoms with E-state index in [2.05, 4.69) is 10.6 Å².